The van der Waals surface area contributed by atoms with E-state index >= 15 is 0 Å². The standard InChI is InChI=1S/C22H26N4/c1-25(2)19-13-9-17(10-14-19)23-21-7-5-6-8-22(21)24-18-11-15-20(16-12-18)26(3)4/h5-16,23-24H,1-4H3. The van der Waals surface area contributed by atoms with Gasteiger partial charge in [-0.3, -0.25) is 0 Å². The summed E-state index contributed by atoms with van der Waals surface area (Å²) in [5.41, 5.74) is 6.58. The highest BCUT2D eigenvalue weighted by atomic mass is 15.1. The third-order valence-corrected chi connectivity index (χ3v) is 4.25. The highest BCUT2D eigenvalue weighted by Crippen LogP contribution is 2.29. The minimum atomic E-state index is 1.04. The van der Waals surface area contributed by atoms with Gasteiger partial charge < -0.3 is 20.4 Å². The number of hydrogen-bond acceptors (Lipinski definition) is 4. The van der Waals surface area contributed by atoms with Crippen molar-refractivity contribution < 1.29 is 0 Å². The smallest absolute Gasteiger partial charge is 0.0623 e. The van der Waals surface area contributed by atoms with E-state index in [1.54, 1.807) is 0 Å². The van der Waals surface area contributed by atoms with Crippen LogP contribution < -0.4 is 20.4 Å². The van der Waals surface area contributed by atoms with Crippen molar-refractivity contribution in [1.82, 2.24) is 0 Å². The molecule has 0 spiro atoms. The Kier molecular flexibility index (Phi) is 5.32. The zero-order chi connectivity index (χ0) is 18.5. The molecule has 0 heterocycles. The van der Waals surface area contributed by atoms with Gasteiger partial charge in [-0.2, -0.15) is 0 Å². The molecule has 0 aliphatic heterocycles. The molecule has 0 atom stereocenters. The molecule has 0 aromatic heterocycles. The van der Waals surface area contributed by atoms with Gasteiger partial charge in [-0.1, -0.05) is 12.1 Å². The number of rotatable bonds is 6. The number of hydrogen-bond donors (Lipinski definition) is 2. The number of anilines is 6. The zero-order valence-corrected chi connectivity index (χ0v) is 15.8. The van der Waals surface area contributed by atoms with Crippen LogP contribution in [0.25, 0.3) is 0 Å². The van der Waals surface area contributed by atoms with Crippen molar-refractivity contribution in [2.45, 2.75) is 0 Å². The molecule has 0 saturated carbocycles. The van der Waals surface area contributed by atoms with E-state index in [1.807, 2.05) is 40.3 Å². The van der Waals surface area contributed by atoms with Crippen LogP contribution in [0.15, 0.2) is 72.8 Å². The van der Waals surface area contributed by atoms with Crippen molar-refractivity contribution in [2.24, 2.45) is 0 Å². The van der Waals surface area contributed by atoms with Gasteiger partial charge in [-0.05, 0) is 60.7 Å². The molecule has 4 nitrogen and oxygen atoms in total. The first-order chi connectivity index (χ1) is 12.5. The van der Waals surface area contributed by atoms with Gasteiger partial charge in [0.25, 0.3) is 0 Å². The second-order valence-electron chi connectivity index (χ2n) is 6.68. The normalized spacial score (nSPS) is 10.3. The maximum Gasteiger partial charge on any atom is 0.0623 e. The highest BCUT2D eigenvalue weighted by molar-refractivity contribution is 5.78. The minimum Gasteiger partial charge on any atom is -0.378 e. The topological polar surface area (TPSA) is 30.5 Å². The summed E-state index contributed by atoms with van der Waals surface area (Å²) in [4.78, 5) is 4.19. The first kappa shape index (κ1) is 17.7. The van der Waals surface area contributed by atoms with Crippen LogP contribution in [-0.2, 0) is 0 Å². The lowest BCUT2D eigenvalue weighted by Gasteiger charge is -2.17. The summed E-state index contributed by atoms with van der Waals surface area (Å²) in [5, 5.41) is 7.00. The van der Waals surface area contributed by atoms with Gasteiger partial charge in [0.05, 0.1) is 11.4 Å². The van der Waals surface area contributed by atoms with Crippen molar-refractivity contribution in [3.63, 3.8) is 0 Å². The Morgan fingerprint density at radius 3 is 1.15 bits per heavy atom. The molecule has 2 N–H and O–H groups in total. The molecule has 0 bridgehead atoms. The Balaban J connectivity index is 1.77. The van der Waals surface area contributed by atoms with Crippen LogP contribution in [0.5, 0.6) is 0 Å². The van der Waals surface area contributed by atoms with Crippen LogP contribution in [0.4, 0.5) is 34.1 Å². The van der Waals surface area contributed by atoms with Crippen LogP contribution in [0.3, 0.4) is 0 Å². The summed E-state index contributed by atoms with van der Waals surface area (Å²) >= 11 is 0. The average molecular weight is 346 g/mol. The Labute approximate surface area is 156 Å². The fourth-order valence-corrected chi connectivity index (χ4v) is 2.70. The molecular weight excluding hydrogens is 320 g/mol. The van der Waals surface area contributed by atoms with Crippen molar-refractivity contribution in [2.75, 3.05) is 48.6 Å². The van der Waals surface area contributed by atoms with E-state index in [-0.39, 0.29) is 0 Å². The molecule has 26 heavy (non-hydrogen) atoms. The summed E-state index contributed by atoms with van der Waals surface area (Å²) in [6.45, 7) is 0. The summed E-state index contributed by atoms with van der Waals surface area (Å²) < 4.78 is 0. The Morgan fingerprint density at radius 2 is 0.846 bits per heavy atom. The average Bonchev–Trinajstić information content (AvgIpc) is 2.64. The van der Waals surface area contributed by atoms with Gasteiger partial charge in [0.1, 0.15) is 0 Å². The highest BCUT2D eigenvalue weighted by Gasteiger charge is 2.04. The van der Waals surface area contributed by atoms with Crippen LogP contribution in [-0.4, -0.2) is 28.2 Å². The SMILES string of the molecule is CN(C)c1ccc(Nc2ccccc2Nc2ccc(N(C)C)cc2)cc1. The second kappa shape index (κ2) is 7.83. The molecule has 3 rings (SSSR count). The van der Waals surface area contributed by atoms with Gasteiger partial charge in [-0.25, -0.2) is 0 Å². The van der Waals surface area contributed by atoms with E-state index in [9.17, 15) is 0 Å². The molecule has 0 fully saturated rings. The summed E-state index contributed by atoms with van der Waals surface area (Å²) in [7, 11) is 8.18. The fourth-order valence-electron chi connectivity index (χ4n) is 2.70. The van der Waals surface area contributed by atoms with E-state index in [2.05, 4.69) is 81.1 Å². The van der Waals surface area contributed by atoms with Gasteiger partial charge in [0.2, 0.25) is 0 Å². The van der Waals surface area contributed by atoms with Crippen LogP contribution in [0, 0.1) is 0 Å². The van der Waals surface area contributed by atoms with E-state index in [0.29, 0.717) is 0 Å². The zero-order valence-electron chi connectivity index (χ0n) is 15.8. The first-order valence-corrected chi connectivity index (χ1v) is 8.71. The molecule has 3 aromatic rings. The van der Waals surface area contributed by atoms with Crippen LogP contribution in [0.1, 0.15) is 0 Å². The number of para-hydroxylation sites is 2. The molecule has 4 heteroatoms. The summed E-state index contributed by atoms with van der Waals surface area (Å²) in [5.74, 6) is 0. The van der Waals surface area contributed by atoms with Gasteiger partial charge >= 0.3 is 0 Å². The second-order valence-corrected chi connectivity index (χ2v) is 6.68. The molecule has 0 radical (unpaired) electrons. The van der Waals surface area contributed by atoms with E-state index < -0.39 is 0 Å². The monoisotopic (exact) mass is 346 g/mol. The molecular formula is C22H26N4. The molecule has 0 aliphatic carbocycles. The van der Waals surface area contributed by atoms with E-state index in [1.165, 1.54) is 11.4 Å². The number of benzene rings is 3. The first-order valence-electron chi connectivity index (χ1n) is 8.71. The van der Waals surface area contributed by atoms with Gasteiger partial charge in [0.15, 0.2) is 0 Å². The van der Waals surface area contributed by atoms with Crippen molar-refractivity contribution >= 4 is 34.1 Å². The molecule has 0 saturated heterocycles. The molecule has 0 unspecified atom stereocenters. The molecule has 0 aliphatic rings. The third kappa shape index (κ3) is 4.28. The van der Waals surface area contributed by atoms with Crippen molar-refractivity contribution in [3.8, 4) is 0 Å². The largest absolute Gasteiger partial charge is 0.378 e. The van der Waals surface area contributed by atoms with Crippen molar-refractivity contribution in [3.05, 3.63) is 72.8 Å². The molecule has 134 valence electrons. The van der Waals surface area contributed by atoms with Crippen molar-refractivity contribution in [1.29, 1.82) is 0 Å². The van der Waals surface area contributed by atoms with E-state index in [0.717, 1.165) is 22.7 Å². The third-order valence-electron chi connectivity index (χ3n) is 4.25. The van der Waals surface area contributed by atoms with Crippen LogP contribution >= 0.6 is 0 Å². The summed E-state index contributed by atoms with van der Waals surface area (Å²) in [6.07, 6.45) is 0. The Bertz CT molecular complexity index is 764. The predicted octanol–water partition coefficient (Wildman–Crippen LogP) is 5.31. The molecule has 0 amide bonds. The minimum absolute atomic E-state index is 1.04. The summed E-state index contributed by atoms with van der Waals surface area (Å²) in [6, 6.07) is 25.1. The fraction of sp³-hybridized carbons (Fsp3) is 0.182. The predicted molar refractivity (Wildman–Crippen MR) is 115 cm³/mol. The number of nitrogens with zero attached hydrogens (tertiary/aromatic N) is 2. The maximum absolute atomic E-state index is 3.50. The van der Waals surface area contributed by atoms with E-state index in [4.69, 9.17) is 0 Å². The lowest BCUT2D eigenvalue weighted by molar-refractivity contribution is 1.13. The van der Waals surface area contributed by atoms with Crippen LogP contribution in [0.2, 0.25) is 0 Å². The van der Waals surface area contributed by atoms with Gasteiger partial charge in [-0.15, -0.1) is 0 Å². The van der Waals surface area contributed by atoms with Gasteiger partial charge in [0, 0.05) is 50.9 Å². The number of nitrogens with one attached hydrogen (secondary N) is 2. The lowest BCUT2D eigenvalue weighted by Crippen LogP contribution is -2.08. The lowest BCUT2D eigenvalue weighted by atomic mass is 10.2. The molecule has 3 aromatic carbocycles. The Morgan fingerprint density at radius 1 is 0.500 bits per heavy atom. The quantitative estimate of drug-likeness (QED) is 0.633. The Hall–Kier alpha value is -3.14. The maximum atomic E-state index is 3.50.